The third-order valence-corrected chi connectivity index (χ3v) is 2.88. The fourth-order valence-corrected chi connectivity index (χ4v) is 2.18. The van der Waals surface area contributed by atoms with E-state index in [4.69, 9.17) is 28.9 Å². The van der Waals surface area contributed by atoms with Crippen molar-refractivity contribution in [3.63, 3.8) is 0 Å². The van der Waals surface area contributed by atoms with Gasteiger partial charge in [-0.1, -0.05) is 30.1 Å². The molecule has 0 spiro atoms. The fourth-order valence-electron chi connectivity index (χ4n) is 1.61. The van der Waals surface area contributed by atoms with Gasteiger partial charge in [0, 0.05) is 29.2 Å². The molecule has 0 amide bonds. The molecule has 0 radical (unpaired) electrons. The summed E-state index contributed by atoms with van der Waals surface area (Å²) < 4.78 is 0. The van der Waals surface area contributed by atoms with Crippen LogP contribution in [0.2, 0.25) is 10.0 Å². The van der Waals surface area contributed by atoms with Crippen LogP contribution in [0.15, 0.2) is 18.2 Å². The largest absolute Gasteiger partial charge is 0.327 e. The summed E-state index contributed by atoms with van der Waals surface area (Å²) in [5.41, 5.74) is 7.01. The van der Waals surface area contributed by atoms with Crippen LogP contribution in [0.3, 0.4) is 0 Å². The van der Waals surface area contributed by atoms with E-state index in [9.17, 15) is 0 Å². The lowest BCUT2D eigenvalue weighted by Gasteiger charge is -2.20. The van der Waals surface area contributed by atoms with Crippen molar-refractivity contribution in [2.75, 3.05) is 13.6 Å². The minimum absolute atomic E-state index is 0.222. The Balaban J connectivity index is 2.58. The molecule has 1 aromatic rings. The minimum atomic E-state index is 0.222. The normalized spacial score (nSPS) is 13.1. The van der Waals surface area contributed by atoms with E-state index < -0.39 is 0 Å². The molecule has 0 aliphatic carbocycles. The van der Waals surface area contributed by atoms with E-state index in [0.29, 0.717) is 10.0 Å². The number of nitrogens with zero attached hydrogens (tertiary/aromatic N) is 1. The minimum Gasteiger partial charge on any atom is -0.327 e. The van der Waals surface area contributed by atoms with Crippen molar-refractivity contribution in [3.8, 4) is 0 Å². The summed E-state index contributed by atoms with van der Waals surface area (Å²) in [5.74, 6) is 0. The van der Waals surface area contributed by atoms with Crippen LogP contribution >= 0.6 is 23.2 Å². The van der Waals surface area contributed by atoms with Crippen molar-refractivity contribution >= 4 is 23.2 Å². The topological polar surface area (TPSA) is 29.3 Å². The zero-order valence-corrected chi connectivity index (χ0v) is 11.2. The maximum absolute atomic E-state index is 5.94. The molecule has 0 aliphatic heterocycles. The molecule has 0 fully saturated rings. The van der Waals surface area contributed by atoms with Gasteiger partial charge >= 0.3 is 0 Å². The first-order chi connectivity index (χ1) is 7.51. The van der Waals surface area contributed by atoms with Crippen molar-refractivity contribution in [2.45, 2.75) is 25.9 Å². The molecule has 0 heterocycles. The van der Waals surface area contributed by atoms with Gasteiger partial charge in [0.2, 0.25) is 0 Å². The number of likely N-dealkylation sites (N-methyl/N-ethyl adjacent to an activating group) is 1. The Labute approximate surface area is 107 Å². The molecule has 1 rings (SSSR count). The zero-order chi connectivity index (χ0) is 12.1. The Hall–Kier alpha value is -0.280. The molecule has 1 unspecified atom stereocenters. The molecule has 2 nitrogen and oxygen atoms in total. The van der Waals surface area contributed by atoms with Crippen LogP contribution in [0.1, 0.15) is 18.9 Å². The van der Waals surface area contributed by atoms with Crippen LogP contribution in [0, 0.1) is 0 Å². The Bertz CT molecular complexity index is 322. The molecule has 16 heavy (non-hydrogen) atoms. The third kappa shape index (κ3) is 4.71. The van der Waals surface area contributed by atoms with E-state index in [0.717, 1.165) is 25.1 Å². The molecule has 4 heteroatoms. The van der Waals surface area contributed by atoms with Crippen LogP contribution in [-0.4, -0.2) is 24.5 Å². The Kier molecular flexibility index (Phi) is 5.56. The lowest BCUT2D eigenvalue weighted by atomic mass is 10.2. The molecule has 1 atom stereocenters. The highest BCUT2D eigenvalue weighted by Gasteiger charge is 2.06. The monoisotopic (exact) mass is 260 g/mol. The lowest BCUT2D eigenvalue weighted by Crippen LogP contribution is -2.34. The van der Waals surface area contributed by atoms with Crippen molar-refractivity contribution in [3.05, 3.63) is 33.8 Å². The van der Waals surface area contributed by atoms with Crippen LogP contribution in [0.4, 0.5) is 0 Å². The highest BCUT2D eigenvalue weighted by Crippen LogP contribution is 2.19. The van der Waals surface area contributed by atoms with E-state index in [2.05, 4.69) is 11.8 Å². The highest BCUT2D eigenvalue weighted by molar-refractivity contribution is 6.34. The lowest BCUT2D eigenvalue weighted by molar-refractivity contribution is 0.300. The van der Waals surface area contributed by atoms with E-state index in [-0.39, 0.29) is 6.04 Å². The van der Waals surface area contributed by atoms with Crippen molar-refractivity contribution < 1.29 is 0 Å². The molecule has 0 aliphatic rings. The Morgan fingerprint density at radius 2 is 1.81 bits per heavy atom. The van der Waals surface area contributed by atoms with E-state index in [1.165, 1.54) is 0 Å². The maximum Gasteiger partial charge on any atom is 0.0424 e. The van der Waals surface area contributed by atoms with Crippen molar-refractivity contribution in [1.82, 2.24) is 4.90 Å². The number of hydrogen-bond acceptors (Lipinski definition) is 2. The van der Waals surface area contributed by atoms with Gasteiger partial charge in [-0.05, 0) is 37.2 Å². The predicted octanol–water partition coefficient (Wildman–Crippen LogP) is 3.16. The number of rotatable bonds is 5. The van der Waals surface area contributed by atoms with Crippen LogP contribution < -0.4 is 5.73 Å². The molecular formula is C12H18Cl2N2. The van der Waals surface area contributed by atoms with Gasteiger partial charge in [-0.3, -0.25) is 0 Å². The summed E-state index contributed by atoms with van der Waals surface area (Å²) in [6, 6.07) is 5.83. The van der Waals surface area contributed by atoms with Gasteiger partial charge in [0.05, 0.1) is 0 Å². The maximum atomic E-state index is 5.94. The highest BCUT2D eigenvalue weighted by atomic mass is 35.5. The second kappa shape index (κ2) is 6.45. The van der Waals surface area contributed by atoms with Crippen LogP contribution in [-0.2, 0) is 6.54 Å². The van der Waals surface area contributed by atoms with Gasteiger partial charge < -0.3 is 10.6 Å². The van der Waals surface area contributed by atoms with Crippen molar-refractivity contribution in [1.29, 1.82) is 0 Å². The quantitative estimate of drug-likeness (QED) is 0.882. The summed E-state index contributed by atoms with van der Waals surface area (Å²) in [7, 11) is 2.05. The average molecular weight is 261 g/mol. The molecular weight excluding hydrogens is 243 g/mol. The second-order valence-corrected chi connectivity index (χ2v) is 5.02. The molecule has 90 valence electrons. The summed E-state index contributed by atoms with van der Waals surface area (Å²) in [6.07, 6.45) is 0.987. The Morgan fingerprint density at radius 1 is 1.25 bits per heavy atom. The molecule has 0 saturated heterocycles. The summed E-state index contributed by atoms with van der Waals surface area (Å²) in [5, 5.41) is 1.35. The SMILES string of the molecule is CCC(N)CN(C)Cc1cc(Cl)cc(Cl)c1. The first kappa shape index (κ1) is 13.8. The second-order valence-electron chi connectivity index (χ2n) is 4.14. The summed E-state index contributed by atoms with van der Waals surface area (Å²) in [6.45, 7) is 3.78. The summed E-state index contributed by atoms with van der Waals surface area (Å²) >= 11 is 11.9. The zero-order valence-electron chi connectivity index (χ0n) is 9.71. The fraction of sp³-hybridized carbons (Fsp3) is 0.500. The van der Waals surface area contributed by atoms with Gasteiger partial charge in [-0.25, -0.2) is 0 Å². The first-order valence-electron chi connectivity index (χ1n) is 5.40. The van der Waals surface area contributed by atoms with Gasteiger partial charge in [-0.2, -0.15) is 0 Å². The number of benzene rings is 1. The van der Waals surface area contributed by atoms with E-state index >= 15 is 0 Å². The molecule has 2 N–H and O–H groups in total. The molecule has 1 aromatic carbocycles. The summed E-state index contributed by atoms with van der Waals surface area (Å²) in [4.78, 5) is 2.18. The smallest absolute Gasteiger partial charge is 0.0424 e. The van der Waals surface area contributed by atoms with E-state index in [1.807, 2.05) is 19.2 Å². The number of nitrogens with two attached hydrogens (primary N) is 1. The molecule has 0 saturated carbocycles. The standard InChI is InChI=1S/C12H18Cl2N2/c1-3-12(15)8-16(2)7-9-4-10(13)6-11(14)5-9/h4-6,12H,3,7-8,15H2,1-2H3. The van der Waals surface area contributed by atoms with Crippen molar-refractivity contribution in [2.24, 2.45) is 5.73 Å². The third-order valence-electron chi connectivity index (χ3n) is 2.45. The Morgan fingerprint density at radius 3 is 2.31 bits per heavy atom. The van der Waals surface area contributed by atoms with Crippen LogP contribution in [0.5, 0.6) is 0 Å². The predicted molar refractivity (Wildman–Crippen MR) is 71.1 cm³/mol. The number of halogens is 2. The first-order valence-corrected chi connectivity index (χ1v) is 6.16. The van der Waals surface area contributed by atoms with Gasteiger partial charge in [-0.15, -0.1) is 0 Å². The average Bonchev–Trinajstić information content (AvgIpc) is 2.15. The van der Waals surface area contributed by atoms with E-state index in [1.54, 1.807) is 6.07 Å². The van der Waals surface area contributed by atoms with Gasteiger partial charge in [0.25, 0.3) is 0 Å². The number of hydrogen-bond donors (Lipinski definition) is 1. The van der Waals surface area contributed by atoms with Crippen LogP contribution in [0.25, 0.3) is 0 Å². The molecule has 0 bridgehead atoms. The van der Waals surface area contributed by atoms with Gasteiger partial charge in [0.1, 0.15) is 0 Å². The molecule has 0 aromatic heterocycles. The van der Waals surface area contributed by atoms with Gasteiger partial charge in [0.15, 0.2) is 0 Å².